The Hall–Kier alpha value is -2.81. The van der Waals surface area contributed by atoms with Crippen LogP contribution in [0.2, 0.25) is 0 Å². The monoisotopic (exact) mass is 366 g/mol. The molecule has 0 N–H and O–H groups in total. The van der Waals surface area contributed by atoms with Gasteiger partial charge in [0.15, 0.2) is 6.29 Å². The Bertz CT molecular complexity index is 852. The minimum absolute atomic E-state index is 0.405. The Morgan fingerprint density at radius 3 is 2.93 bits per heavy atom. The first-order valence-electron chi connectivity index (χ1n) is 9.59. The maximum atomic E-state index is 11.4. The van der Waals surface area contributed by atoms with Crippen molar-refractivity contribution in [2.45, 2.75) is 51.0 Å². The van der Waals surface area contributed by atoms with Gasteiger partial charge in [0.1, 0.15) is 24.1 Å². The largest absolute Gasteiger partial charge is 0.487 e. The smallest absolute Gasteiger partial charge is 0.352 e. The van der Waals surface area contributed by atoms with E-state index in [2.05, 4.69) is 21.0 Å². The molecule has 0 radical (unpaired) electrons. The lowest BCUT2D eigenvalue weighted by Gasteiger charge is -2.24. The number of hydrogen-bond acceptors (Lipinski definition) is 4. The van der Waals surface area contributed by atoms with E-state index >= 15 is 0 Å². The summed E-state index contributed by atoms with van der Waals surface area (Å²) in [4.78, 5) is 15.5. The molecular weight excluding hydrogens is 342 g/mol. The third-order valence-electron chi connectivity index (χ3n) is 5.54. The fourth-order valence-electron chi connectivity index (χ4n) is 3.77. The summed E-state index contributed by atoms with van der Waals surface area (Å²) in [7, 11) is 1.53. The van der Waals surface area contributed by atoms with Crippen molar-refractivity contribution in [3.05, 3.63) is 41.4 Å². The maximum Gasteiger partial charge on any atom is 0.352 e. The number of carbonyl (C=O) groups excluding carboxylic acids is 1. The van der Waals surface area contributed by atoms with Crippen molar-refractivity contribution < 1.29 is 19.4 Å². The number of rotatable bonds is 7. The fraction of sp³-hybridized carbons (Fsp3) is 0.476. The highest BCUT2D eigenvalue weighted by Crippen LogP contribution is 2.37. The number of allylic oxidation sites excluding steroid dienone is 1. The molecule has 6 heteroatoms. The molecule has 140 valence electrons. The molecule has 0 aliphatic heterocycles. The molecule has 0 unspecified atom stereocenters. The van der Waals surface area contributed by atoms with Gasteiger partial charge in [-0.05, 0) is 60.8 Å². The number of hydrogen-bond donors (Lipinski definition) is 0. The van der Waals surface area contributed by atoms with Crippen LogP contribution in [-0.4, -0.2) is 29.7 Å². The van der Waals surface area contributed by atoms with E-state index < -0.39 is 0 Å². The van der Waals surface area contributed by atoms with Crippen molar-refractivity contribution in [3.8, 4) is 11.6 Å². The molecule has 2 aromatic rings. The molecule has 1 saturated carbocycles. The molecular formula is C21H24N3O3+. The van der Waals surface area contributed by atoms with E-state index in [9.17, 15) is 4.79 Å². The first-order valence-corrected chi connectivity index (χ1v) is 9.59. The molecule has 27 heavy (non-hydrogen) atoms. The minimum atomic E-state index is 0.405. The topological polar surface area (TPSA) is 67.5 Å². The second kappa shape index (κ2) is 7.83. The molecule has 1 fully saturated rings. The van der Waals surface area contributed by atoms with Gasteiger partial charge in [-0.2, -0.15) is 0 Å². The molecule has 6 nitrogen and oxygen atoms in total. The summed E-state index contributed by atoms with van der Waals surface area (Å²) in [6.45, 7) is 0.458. The quantitative estimate of drug-likeness (QED) is 0.704. The maximum absolute atomic E-state index is 11.4. The zero-order valence-corrected chi connectivity index (χ0v) is 15.6. The molecule has 4 rings (SSSR count). The summed E-state index contributed by atoms with van der Waals surface area (Å²) in [6, 6.07) is 4.11. The Kier molecular flexibility index (Phi) is 5.10. The fourth-order valence-corrected chi connectivity index (χ4v) is 3.77. The second-order valence-corrected chi connectivity index (χ2v) is 7.15. The Balaban J connectivity index is 1.58. The highest BCUT2D eigenvalue weighted by molar-refractivity contribution is 5.79. The van der Waals surface area contributed by atoms with Crippen molar-refractivity contribution >= 4 is 11.9 Å². The van der Waals surface area contributed by atoms with Crippen molar-refractivity contribution in [2.75, 3.05) is 13.7 Å². The summed E-state index contributed by atoms with van der Waals surface area (Å²) in [5.74, 6) is 0.893. The van der Waals surface area contributed by atoms with E-state index in [1.54, 1.807) is 12.3 Å². The molecule has 0 spiro atoms. The Morgan fingerprint density at radius 1 is 1.33 bits per heavy atom. The molecule has 0 amide bonds. The molecule has 0 atom stereocenters. The van der Waals surface area contributed by atoms with Crippen LogP contribution in [0.1, 0.15) is 67.0 Å². The van der Waals surface area contributed by atoms with Crippen LogP contribution in [-0.2, 0) is 0 Å². The first-order chi connectivity index (χ1) is 13.3. The summed E-state index contributed by atoms with van der Waals surface area (Å²) in [5, 5.41) is 4.46. The number of nitrogens with zero attached hydrogens (tertiary/aromatic N) is 3. The standard InChI is InChI=1S/C21H24N3O3/c1-26-21-11-16(13-25)20(12-22-21)27-14-15-5-2-3-8-18(15)19-9-10-23-24(19)17-6-4-7-17/h9,11-13,17H,2-8,14H2,1H3/q+1. The van der Waals surface area contributed by atoms with Crippen molar-refractivity contribution in [1.82, 2.24) is 9.67 Å². The molecule has 2 aliphatic carbocycles. The average molecular weight is 366 g/mol. The van der Waals surface area contributed by atoms with Gasteiger partial charge in [-0.3, -0.25) is 4.79 Å². The number of aldehydes is 1. The zero-order valence-electron chi connectivity index (χ0n) is 15.6. The highest BCUT2D eigenvalue weighted by atomic mass is 16.5. The van der Waals surface area contributed by atoms with Gasteiger partial charge in [-0.1, -0.05) is 0 Å². The van der Waals surface area contributed by atoms with Crippen LogP contribution in [0, 0.1) is 6.20 Å². The molecule has 2 aliphatic rings. The van der Waals surface area contributed by atoms with Crippen LogP contribution in [0.4, 0.5) is 0 Å². The summed E-state index contributed by atoms with van der Waals surface area (Å²) < 4.78 is 13.2. The van der Waals surface area contributed by atoms with Crippen LogP contribution in [0.5, 0.6) is 11.6 Å². The van der Waals surface area contributed by atoms with E-state index in [4.69, 9.17) is 9.47 Å². The van der Waals surface area contributed by atoms with Crippen LogP contribution in [0.15, 0.2) is 23.9 Å². The van der Waals surface area contributed by atoms with Gasteiger partial charge in [0.05, 0.1) is 30.0 Å². The van der Waals surface area contributed by atoms with Gasteiger partial charge >= 0.3 is 6.20 Å². The van der Waals surface area contributed by atoms with E-state index in [1.807, 2.05) is 6.07 Å². The van der Waals surface area contributed by atoms with Gasteiger partial charge in [0.25, 0.3) is 0 Å². The van der Waals surface area contributed by atoms with Gasteiger partial charge in [-0.15, -0.1) is 0 Å². The average Bonchev–Trinajstić information content (AvgIpc) is 3.14. The third kappa shape index (κ3) is 3.55. The number of carbonyl (C=O) groups is 1. The van der Waals surface area contributed by atoms with Crippen LogP contribution in [0.3, 0.4) is 0 Å². The van der Waals surface area contributed by atoms with Gasteiger partial charge < -0.3 is 9.47 Å². The Labute approximate surface area is 159 Å². The van der Waals surface area contributed by atoms with E-state index in [0.29, 0.717) is 29.8 Å². The predicted octanol–water partition coefficient (Wildman–Crippen LogP) is 3.24. The van der Waals surface area contributed by atoms with E-state index in [-0.39, 0.29) is 0 Å². The van der Waals surface area contributed by atoms with Gasteiger partial charge in [0, 0.05) is 6.07 Å². The molecule has 2 heterocycles. The lowest BCUT2D eigenvalue weighted by atomic mass is 9.88. The number of ether oxygens (including phenoxy) is 2. The molecule has 2 aromatic heterocycles. The molecule has 0 saturated heterocycles. The Morgan fingerprint density at radius 2 is 2.19 bits per heavy atom. The predicted molar refractivity (Wildman–Crippen MR) is 98.8 cm³/mol. The summed E-state index contributed by atoms with van der Waals surface area (Å²) in [6.07, 6.45) is 13.4. The number of pyridine rings is 1. The zero-order chi connectivity index (χ0) is 18.6. The van der Waals surface area contributed by atoms with E-state index in [0.717, 1.165) is 25.5 Å². The van der Waals surface area contributed by atoms with Gasteiger partial charge in [0.2, 0.25) is 5.88 Å². The van der Waals surface area contributed by atoms with Crippen LogP contribution >= 0.6 is 0 Å². The van der Waals surface area contributed by atoms with Crippen LogP contribution < -0.4 is 14.6 Å². The van der Waals surface area contributed by atoms with Crippen molar-refractivity contribution in [2.24, 2.45) is 0 Å². The number of methoxy groups -OCH3 is 1. The first kappa shape index (κ1) is 17.6. The normalized spacial score (nSPS) is 17.2. The summed E-state index contributed by atoms with van der Waals surface area (Å²) >= 11 is 0. The van der Waals surface area contributed by atoms with Crippen LogP contribution in [0.25, 0.3) is 5.57 Å². The van der Waals surface area contributed by atoms with Crippen molar-refractivity contribution in [1.29, 1.82) is 0 Å². The second-order valence-electron chi connectivity index (χ2n) is 7.15. The molecule has 0 aromatic carbocycles. The lowest BCUT2D eigenvalue weighted by Crippen LogP contribution is -2.27. The molecule has 0 bridgehead atoms. The SMILES string of the molecule is COc1cc(C=O)c(OCC2=C(c3cc#[n+]n3C3CCC3)CCCC2)cn1. The highest BCUT2D eigenvalue weighted by Gasteiger charge is 2.30. The summed E-state index contributed by atoms with van der Waals surface area (Å²) in [5.41, 5.74) is 4.24. The minimum Gasteiger partial charge on any atom is -0.487 e. The number of aromatic nitrogens is 3. The van der Waals surface area contributed by atoms with Gasteiger partial charge in [-0.25, -0.2) is 4.98 Å². The van der Waals surface area contributed by atoms with Crippen molar-refractivity contribution in [3.63, 3.8) is 0 Å². The van der Waals surface area contributed by atoms with E-state index in [1.165, 1.54) is 49.6 Å². The lowest BCUT2D eigenvalue weighted by molar-refractivity contribution is -0.428. The third-order valence-corrected chi connectivity index (χ3v) is 5.54.